The molecule has 0 fully saturated rings. The van der Waals surface area contributed by atoms with Crippen molar-refractivity contribution in [2.75, 3.05) is 23.3 Å². The van der Waals surface area contributed by atoms with Crippen LogP contribution in [0, 0.1) is 0 Å². The van der Waals surface area contributed by atoms with E-state index in [1.807, 2.05) is 6.92 Å². The average Bonchev–Trinajstić information content (AvgIpc) is 2.94. The van der Waals surface area contributed by atoms with Gasteiger partial charge in [0.1, 0.15) is 0 Å². The van der Waals surface area contributed by atoms with Gasteiger partial charge in [0.15, 0.2) is 0 Å². The second-order valence-corrected chi connectivity index (χ2v) is 8.69. The minimum absolute atomic E-state index is 0.0249. The van der Waals surface area contributed by atoms with Gasteiger partial charge in [0.05, 0.1) is 29.2 Å². The van der Waals surface area contributed by atoms with Crippen molar-refractivity contribution in [3.8, 4) is 0 Å². The Kier molecular flexibility index (Phi) is 4.38. The molecule has 2 aliphatic rings. The first kappa shape index (κ1) is 18.5. The molecule has 1 N–H and O–H groups in total. The Balaban J connectivity index is 1.67. The summed E-state index contributed by atoms with van der Waals surface area (Å²) in [6.07, 6.45) is 1.56. The number of amides is 1. The molecule has 0 bridgehead atoms. The molecule has 0 aliphatic carbocycles. The van der Waals surface area contributed by atoms with Gasteiger partial charge in [-0.05, 0) is 67.3 Å². The van der Waals surface area contributed by atoms with Gasteiger partial charge in [-0.25, -0.2) is 13.2 Å². The molecule has 4 rings (SSSR count). The normalized spacial score (nSPS) is 18.0. The SMILES string of the molecule is COC(=O)c1ccc(NS(=O)(=O)c2cc3c4c(c2)[C@H](C)C(=O)N4CCC3)cc1. The molecular weight excluding hydrogens is 380 g/mol. The molecule has 2 heterocycles. The van der Waals surface area contributed by atoms with Crippen LogP contribution in [0.1, 0.15) is 40.7 Å². The van der Waals surface area contributed by atoms with Crippen LogP contribution in [0.15, 0.2) is 41.3 Å². The van der Waals surface area contributed by atoms with Crippen molar-refractivity contribution < 1.29 is 22.7 Å². The number of methoxy groups -OCH3 is 1. The van der Waals surface area contributed by atoms with E-state index in [0.29, 0.717) is 17.8 Å². The summed E-state index contributed by atoms with van der Waals surface area (Å²) >= 11 is 0. The van der Waals surface area contributed by atoms with Gasteiger partial charge in [-0.1, -0.05) is 0 Å². The maximum absolute atomic E-state index is 12.9. The highest BCUT2D eigenvalue weighted by atomic mass is 32.2. The molecular formula is C20H20N2O5S. The summed E-state index contributed by atoms with van der Waals surface area (Å²) in [5.74, 6) is -0.812. The Morgan fingerprint density at radius 1 is 1.21 bits per heavy atom. The van der Waals surface area contributed by atoms with E-state index >= 15 is 0 Å². The van der Waals surface area contributed by atoms with Crippen molar-refractivity contribution in [1.82, 2.24) is 0 Å². The van der Waals surface area contributed by atoms with E-state index < -0.39 is 16.0 Å². The van der Waals surface area contributed by atoms with Gasteiger partial charge in [0.2, 0.25) is 5.91 Å². The Labute approximate surface area is 163 Å². The van der Waals surface area contributed by atoms with E-state index in [0.717, 1.165) is 29.7 Å². The maximum Gasteiger partial charge on any atom is 0.337 e. The molecule has 1 amide bonds. The number of aryl methyl sites for hydroxylation is 1. The lowest BCUT2D eigenvalue weighted by Crippen LogP contribution is -2.32. The fourth-order valence-corrected chi connectivity index (χ4v) is 4.97. The molecule has 8 heteroatoms. The van der Waals surface area contributed by atoms with E-state index in [2.05, 4.69) is 9.46 Å². The number of hydrogen-bond acceptors (Lipinski definition) is 5. The van der Waals surface area contributed by atoms with Crippen LogP contribution >= 0.6 is 0 Å². The summed E-state index contributed by atoms with van der Waals surface area (Å²) in [5, 5.41) is 0. The van der Waals surface area contributed by atoms with Crippen LogP contribution in [0.4, 0.5) is 11.4 Å². The van der Waals surface area contributed by atoms with E-state index in [1.165, 1.54) is 31.4 Å². The number of esters is 1. The lowest BCUT2D eigenvalue weighted by molar-refractivity contribution is -0.119. The van der Waals surface area contributed by atoms with E-state index in [1.54, 1.807) is 17.0 Å². The van der Waals surface area contributed by atoms with Gasteiger partial charge in [-0.2, -0.15) is 0 Å². The van der Waals surface area contributed by atoms with Gasteiger partial charge in [-0.15, -0.1) is 0 Å². The summed E-state index contributed by atoms with van der Waals surface area (Å²) < 4.78 is 33.0. The number of anilines is 2. The third-order valence-corrected chi connectivity index (χ3v) is 6.62. The van der Waals surface area contributed by atoms with Crippen LogP contribution in [0.3, 0.4) is 0 Å². The number of nitrogens with one attached hydrogen (secondary N) is 1. The number of rotatable bonds is 4. The lowest BCUT2D eigenvalue weighted by atomic mass is 9.97. The van der Waals surface area contributed by atoms with Gasteiger partial charge in [0.25, 0.3) is 10.0 Å². The molecule has 146 valence electrons. The molecule has 2 aromatic rings. The minimum atomic E-state index is -3.84. The summed E-state index contributed by atoms with van der Waals surface area (Å²) in [6, 6.07) is 9.26. The third kappa shape index (κ3) is 2.93. The molecule has 0 spiro atoms. The number of nitrogens with zero attached hydrogens (tertiary/aromatic N) is 1. The maximum atomic E-state index is 12.9. The quantitative estimate of drug-likeness (QED) is 0.797. The molecule has 0 aromatic heterocycles. The number of sulfonamides is 1. The Morgan fingerprint density at radius 2 is 1.93 bits per heavy atom. The summed E-state index contributed by atoms with van der Waals surface area (Å²) in [4.78, 5) is 25.9. The average molecular weight is 400 g/mol. The Morgan fingerprint density at radius 3 is 2.61 bits per heavy atom. The van der Waals surface area contributed by atoms with Crippen molar-refractivity contribution in [2.24, 2.45) is 0 Å². The third-order valence-electron chi connectivity index (χ3n) is 5.26. The first-order valence-corrected chi connectivity index (χ1v) is 10.5. The zero-order valence-corrected chi connectivity index (χ0v) is 16.4. The van der Waals surface area contributed by atoms with Crippen molar-refractivity contribution >= 4 is 33.3 Å². The first-order chi connectivity index (χ1) is 13.3. The van der Waals surface area contributed by atoms with Crippen LogP contribution in [-0.2, 0) is 26.0 Å². The second-order valence-electron chi connectivity index (χ2n) is 7.01. The second kappa shape index (κ2) is 6.63. The van der Waals surface area contributed by atoms with Crippen molar-refractivity contribution in [3.63, 3.8) is 0 Å². The molecule has 1 atom stereocenters. The largest absolute Gasteiger partial charge is 0.465 e. The highest BCUT2D eigenvalue weighted by Crippen LogP contribution is 2.44. The van der Waals surface area contributed by atoms with Crippen LogP contribution in [0.25, 0.3) is 0 Å². The number of benzene rings is 2. The van der Waals surface area contributed by atoms with E-state index in [-0.39, 0.29) is 16.7 Å². The summed E-state index contributed by atoms with van der Waals surface area (Å²) in [7, 11) is -2.55. The highest BCUT2D eigenvalue weighted by molar-refractivity contribution is 7.92. The van der Waals surface area contributed by atoms with Crippen LogP contribution in [0.2, 0.25) is 0 Å². The molecule has 0 saturated carbocycles. The molecule has 2 aliphatic heterocycles. The molecule has 0 radical (unpaired) electrons. The predicted octanol–water partition coefficient (Wildman–Crippen LogP) is 2.67. The standard InChI is InChI=1S/C20H20N2O5S/c1-12-17-11-16(10-14-4-3-9-22(18(14)17)19(12)23)28(25,26)21-15-7-5-13(6-8-15)20(24)27-2/h5-8,10-12,21H,3-4,9H2,1-2H3/t12-/m0/s1. The highest BCUT2D eigenvalue weighted by Gasteiger charge is 2.38. The van der Waals surface area contributed by atoms with Crippen molar-refractivity contribution in [1.29, 1.82) is 0 Å². The van der Waals surface area contributed by atoms with Crippen LogP contribution < -0.4 is 9.62 Å². The molecule has 0 unspecified atom stereocenters. The van der Waals surface area contributed by atoms with Gasteiger partial charge in [0, 0.05) is 12.2 Å². The minimum Gasteiger partial charge on any atom is -0.465 e. The smallest absolute Gasteiger partial charge is 0.337 e. The molecule has 2 aromatic carbocycles. The zero-order valence-electron chi connectivity index (χ0n) is 15.6. The predicted molar refractivity (Wildman–Crippen MR) is 104 cm³/mol. The topological polar surface area (TPSA) is 92.8 Å². The first-order valence-electron chi connectivity index (χ1n) is 9.01. The van der Waals surface area contributed by atoms with Gasteiger partial charge < -0.3 is 9.64 Å². The van der Waals surface area contributed by atoms with Gasteiger partial charge >= 0.3 is 5.97 Å². The fourth-order valence-electron chi connectivity index (χ4n) is 3.83. The molecule has 7 nitrogen and oxygen atoms in total. The van der Waals surface area contributed by atoms with Gasteiger partial charge in [-0.3, -0.25) is 9.52 Å². The van der Waals surface area contributed by atoms with E-state index in [4.69, 9.17) is 0 Å². The van der Waals surface area contributed by atoms with Crippen molar-refractivity contribution in [3.05, 3.63) is 53.1 Å². The number of ether oxygens (including phenoxy) is 1. The summed E-state index contributed by atoms with van der Waals surface area (Å²) in [5.41, 5.74) is 3.21. The molecule has 0 saturated heterocycles. The Bertz CT molecular complexity index is 1080. The van der Waals surface area contributed by atoms with E-state index in [9.17, 15) is 18.0 Å². The summed E-state index contributed by atoms with van der Waals surface area (Å²) in [6.45, 7) is 2.49. The number of hydrogen-bond donors (Lipinski definition) is 1. The van der Waals surface area contributed by atoms with Crippen LogP contribution in [0.5, 0.6) is 0 Å². The zero-order chi connectivity index (χ0) is 20.1. The monoisotopic (exact) mass is 400 g/mol. The molecule has 28 heavy (non-hydrogen) atoms. The number of carbonyl (C=O) groups excluding carboxylic acids is 2. The van der Waals surface area contributed by atoms with Crippen molar-refractivity contribution in [2.45, 2.75) is 30.6 Å². The lowest BCUT2D eigenvalue weighted by Gasteiger charge is -2.26. The number of carbonyl (C=O) groups is 2. The van der Waals surface area contributed by atoms with Crippen LogP contribution in [-0.4, -0.2) is 33.9 Å². The fraction of sp³-hybridized carbons (Fsp3) is 0.300. The Hall–Kier alpha value is -2.87.